The van der Waals surface area contributed by atoms with Crippen LogP contribution in [0.4, 0.5) is 0 Å². The third-order valence-corrected chi connectivity index (χ3v) is 3.63. The topological polar surface area (TPSA) is 68.3 Å². The Morgan fingerprint density at radius 2 is 2.29 bits per heavy atom. The molecular formula is C13H20N2O2. The molecule has 0 aromatic carbocycles. The number of carbonyl (C=O) groups excluding carboxylic acids is 1. The van der Waals surface area contributed by atoms with Crippen molar-refractivity contribution in [2.24, 2.45) is 11.7 Å². The Kier molecular flexibility index (Phi) is 3.84. The number of rotatable bonds is 3. The van der Waals surface area contributed by atoms with Gasteiger partial charge in [-0.1, -0.05) is 12.8 Å². The fourth-order valence-corrected chi connectivity index (χ4v) is 2.55. The molecule has 1 saturated carbocycles. The van der Waals surface area contributed by atoms with Crippen LogP contribution in [0.5, 0.6) is 0 Å². The van der Waals surface area contributed by atoms with E-state index in [0.717, 1.165) is 12.8 Å². The molecule has 2 unspecified atom stereocenters. The first-order valence-corrected chi connectivity index (χ1v) is 6.27. The lowest BCUT2D eigenvalue weighted by atomic mass is 9.84. The predicted molar refractivity (Wildman–Crippen MR) is 65.7 cm³/mol. The average Bonchev–Trinajstić information content (AvgIpc) is 2.76. The van der Waals surface area contributed by atoms with Crippen molar-refractivity contribution in [2.45, 2.75) is 38.6 Å². The zero-order chi connectivity index (χ0) is 12.3. The van der Waals surface area contributed by atoms with Gasteiger partial charge in [0.2, 0.25) is 0 Å². The Balaban J connectivity index is 2.00. The van der Waals surface area contributed by atoms with Gasteiger partial charge < -0.3 is 15.5 Å². The maximum absolute atomic E-state index is 12.0. The van der Waals surface area contributed by atoms with Crippen molar-refractivity contribution in [1.82, 2.24) is 5.32 Å². The van der Waals surface area contributed by atoms with E-state index in [1.165, 1.54) is 12.8 Å². The molecule has 1 aliphatic carbocycles. The zero-order valence-electron chi connectivity index (χ0n) is 10.2. The van der Waals surface area contributed by atoms with Crippen LogP contribution in [0.25, 0.3) is 0 Å². The third kappa shape index (κ3) is 2.69. The van der Waals surface area contributed by atoms with Gasteiger partial charge in [0.05, 0.1) is 11.8 Å². The molecule has 17 heavy (non-hydrogen) atoms. The molecule has 0 bridgehead atoms. The fraction of sp³-hybridized carbons (Fsp3) is 0.615. The number of furan rings is 1. The molecule has 94 valence electrons. The Morgan fingerprint density at radius 3 is 2.94 bits per heavy atom. The van der Waals surface area contributed by atoms with Crippen molar-refractivity contribution in [3.63, 3.8) is 0 Å². The molecule has 1 heterocycles. The highest BCUT2D eigenvalue weighted by molar-refractivity contribution is 5.95. The van der Waals surface area contributed by atoms with Gasteiger partial charge in [0, 0.05) is 6.04 Å². The molecule has 1 amide bonds. The summed E-state index contributed by atoms with van der Waals surface area (Å²) < 4.78 is 5.14. The van der Waals surface area contributed by atoms with Crippen LogP contribution in [0.3, 0.4) is 0 Å². The highest BCUT2D eigenvalue weighted by Gasteiger charge is 2.26. The van der Waals surface area contributed by atoms with Gasteiger partial charge in [-0.15, -0.1) is 0 Å². The first-order valence-electron chi connectivity index (χ1n) is 6.27. The molecule has 2 rings (SSSR count). The Labute approximate surface area is 102 Å². The number of hydrogen-bond donors (Lipinski definition) is 2. The van der Waals surface area contributed by atoms with Crippen LogP contribution >= 0.6 is 0 Å². The van der Waals surface area contributed by atoms with Gasteiger partial charge in [-0.2, -0.15) is 0 Å². The molecule has 2 atom stereocenters. The van der Waals surface area contributed by atoms with Crippen LogP contribution in [0, 0.1) is 12.8 Å². The number of carbonyl (C=O) groups is 1. The summed E-state index contributed by atoms with van der Waals surface area (Å²) in [5.74, 6) is 1.05. The summed E-state index contributed by atoms with van der Waals surface area (Å²) in [6.07, 6.45) is 6.09. The largest absolute Gasteiger partial charge is 0.469 e. The van der Waals surface area contributed by atoms with E-state index in [-0.39, 0.29) is 11.9 Å². The van der Waals surface area contributed by atoms with E-state index >= 15 is 0 Å². The van der Waals surface area contributed by atoms with Crippen LogP contribution in [0.1, 0.15) is 41.8 Å². The lowest BCUT2D eigenvalue weighted by Crippen LogP contribution is -2.44. The lowest BCUT2D eigenvalue weighted by molar-refractivity contribution is 0.0906. The monoisotopic (exact) mass is 236 g/mol. The summed E-state index contributed by atoms with van der Waals surface area (Å²) in [5.41, 5.74) is 6.38. The van der Waals surface area contributed by atoms with Crippen LogP contribution in [-0.4, -0.2) is 18.5 Å². The third-order valence-electron chi connectivity index (χ3n) is 3.63. The smallest absolute Gasteiger partial charge is 0.255 e. The summed E-state index contributed by atoms with van der Waals surface area (Å²) in [6.45, 7) is 2.45. The van der Waals surface area contributed by atoms with Gasteiger partial charge in [0.15, 0.2) is 0 Å². The van der Waals surface area contributed by atoms with Gasteiger partial charge in [0.1, 0.15) is 5.76 Å². The summed E-state index contributed by atoms with van der Waals surface area (Å²) in [5, 5.41) is 3.08. The number of aryl methyl sites for hydroxylation is 1. The summed E-state index contributed by atoms with van der Waals surface area (Å²) >= 11 is 0. The van der Waals surface area contributed by atoms with E-state index < -0.39 is 0 Å². The molecule has 0 spiro atoms. The molecule has 1 aromatic rings. The standard InChI is InChI=1S/C13H20N2O2/c1-9-11(6-7-17-9)13(16)15-12-5-3-2-4-10(12)8-14/h6-7,10,12H,2-5,8,14H2,1H3,(H,15,16). The molecule has 0 aliphatic heterocycles. The highest BCUT2D eigenvalue weighted by atomic mass is 16.3. The van der Waals surface area contributed by atoms with Crippen molar-refractivity contribution >= 4 is 5.91 Å². The Morgan fingerprint density at radius 1 is 1.53 bits per heavy atom. The second-order valence-electron chi connectivity index (χ2n) is 4.75. The van der Waals surface area contributed by atoms with Crippen molar-refractivity contribution in [2.75, 3.05) is 6.54 Å². The maximum atomic E-state index is 12.0. The summed E-state index contributed by atoms with van der Waals surface area (Å²) in [6, 6.07) is 1.93. The van der Waals surface area contributed by atoms with Gasteiger partial charge in [-0.25, -0.2) is 0 Å². The number of nitrogens with two attached hydrogens (primary N) is 1. The maximum Gasteiger partial charge on any atom is 0.255 e. The molecule has 0 radical (unpaired) electrons. The van der Waals surface area contributed by atoms with E-state index in [1.807, 2.05) is 0 Å². The van der Waals surface area contributed by atoms with Crippen molar-refractivity contribution in [3.05, 3.63) is 23.7 Å². The highest BCUT2D eigenvalue weighted by Crippen LogP contribution is 2.24. The lowest BCUT2D eigenvalue weighted by Gasteiger charge is -2.31. The number of hydrogen-bond acceptors (Lipinski definition) is 3. The SMILES string of the molecule is Cc1occc1C(=O)NC1CCCCC1CN. The first-order chi connectivity index (χ1) is 8.22. The first kappa shape index (κ1) is 12.2. The predicted octanol–water partition coefficient (Wildman–Crippen LogP) is 1.84. The minimum Gasteiger partial charge on any atom is -0.469 e. The minimum absolute atomic E-state index is 0.0402. The summed E-state index contributed by atoms with van der Waals surface area (Å²) in [4.78, 5) is 12.0. The van der Waals surface area contributed by atoms with Crippen molar-refractivity contribution in [1.29, 1.82) is 0 Å². The van der Waals surface area contributed by atoms with E-state index in [1.54, 1.807) is 19.3 Å². The Bertz CT molecular complexity index is 387. The average molecular weight is 236 g/mol. The molecule has 1 aromatic heterocycles. The Hall–Kier alpha value is -1.29. The quantitative estimate of drug-likeness (QED) is 0.841. The van der Waals surface area contributed by atoms with E-state index in [2.05, 4.69) is 5.32 Å². The van der Waals surface area contributed by atoms with Crippen molar-refractivity contribution in [3.8, 4) is 0 Å². The fourth-order valence-electron chi connectivity index (χ4n) is 2.55. The van der Waals surface area contributed by atoms with Gasteiger partial charge in [-0.3, -0.25) is 4.79 Å². The van der Waals surface area contributed by atoms with Gasteiger partial charge >= 0.3 is 0 Å². The zero-order valence-corrected chi connectivity index (χ0v) is 10.2. The normalized spacial score (nSPS) is 24.6. The molecule has 3 N–H and O–H groups in total. The second-order valence-corrected chi connectivity index (χ2v) is 4.75. The van der Waals surface area contributed by atoms with Crippen molar-refractivity contribution < 1.29 is 9.21 Å². The summed E-state index contributed by atoms with van der Waals surface area (Å²) in [7, 11) is 0. The van der Waals surface area contributed by atoms with E-state index in [9.17, 15) is 4.79 Å². The molecular weight excluding hydrogens is 216 g/mol. The minimum atomic E-state index is -0.0402. The molecule has 1 aliphatic rings. The molecule has 0 saturated heterocycles. The molecule has 4 nitrogen and oxygen atoms in total. The number of nitrogens with one attached hydrogen (secondary N) is 1. The molecule has 4 heteroatoms. The van der Waals surface area contributed by atoms with Gasteiger partial charge in [-0.05, 0) is 38.3 Å². The van der Waals surface area contributed by atoms with E-state index in [0.29, 0.717) is 23.8 Å². The van der Waals surface area contributed by atoms with Crippen LogP contribution < -0.4 is 11.1 Å². The molecule has 1 fully saturated rings. The van der Waals surface area contributed by atoms with Gasteiger partial charge in [0.25, 0.3) is 5.91 Å². The number of amides is 1. The van der Waals surface area contributed by atoms with Crippen LogP contribution in [0.15, 0.2) is 16.7 Å². The van der Waals surface area contributed by atoms with E-state index in [4.69, 9.17) is 10.2 Å². The van der Waals surface area contributed by atoms with Crippen LogP contribution in [0.2, 0.25) is 0 Å². The second kappa shape index (κ2) is 5.36. The van der Waals surface area contributed by atoms with Crippen LogP contribution in [-0.2, 0) is 0 Å².